The quantitative estimate of drug-likeness (QED) is 0.457. The molecule has 5 rings (SSSR count). The van der Waals surface area contributed by atoms with Gasteiger partial charge >= 0.3 is 6.18 Å². The second-order valence-electron chi connectivity index (χ2n) is 9.06. The van der Waals surface area contributed by atoms with Crippen LogP contribution in [0.3, 0.4) is 0 Å². The van der Waals surface area contributed by atoms with E-state index >= 15 is 0 Å². The number of carbonyl (C=O) groups is 2. The van der Waals surface area contributed by atoms with Crippen molar-refractivity contribution in [3.05, 3.63) is 53.5 Å². The Morgan fingerprint density at radius 1 is 1.19 bits per heavy atom. The van der Waals surface area contributed by atoms with Crippen LogP contribution in [0.2, 0.25) is 0 Å². The van der Waals surface area contributed by atoms with Crippen molar-refractivity contribution in [2.45, 2.75) is 30.3 Å². The van der Waals surface area contributed by atoms with Gasteiger partial charge in [-0.3, -0.25) is 14.3 Å². The summed E-state index contributed by atoms with van der Waals surface area (Å²) < 4.78 is 68.7. The summed E-state index contributed by atoms with van der Waals surface area (Å²) in [6.07, 6.45) is -2.73. The zero-order valence-corrected chi connectivity index (χ0v) is 19.9. The zero-order chi connectivity index (χ0) is 25.9. The summed E-state index contributed by atoms with van der Waals surface area (Å²) in [5.41, 5.74) is -0.534. The molecule has 0 radical (unpaired) electrons. The number of methoxy groups -OCH3 is 1. The van der Waals surface area contributed by atoms with Gasteiger partial charge in [-0.2, -0.15) is 18.3 Å². The molecule has 0 unspecified atom stereocenters. The fraction of sp³-hybridized carbons (Fsp3) is 0.391. The number of nitrogens with zero attached hydrogens (tertiary/aromatic N) is 4. The second kappa shape index (κ2) is 8.29. The smallest absolute Gasteiger partial charge is 0.433 e. The maximum atomic E-state index is 13.0. The number of amides is 1. The molecule has 9 nitrogen and oxygen atoms in total. The van der Waals surface area contributed by atoms with Gasteiger partial charge < -0.3 is 9.64 Å². The summed E-state index contributed by atoms with van der Waals surface area (Å²) in [6, 6.07) is 6.36. The lowest BCUT2D eigenvalue weighted by Gasteiger charge is -2.54. The van der Waals surface area contributed by atoms with Gasteiger partial charge in [0.15, 0.2) is 15.6 Å². The summed E-state index contributed by atoms with van der Waals surface area (Å²) >= 11 is 0. The van der Waals surface area contributed by atoms with E-state index in [0.29, 0.717) is 28.6 Å². The summed E-state index contributed by atoms with van der Waals surface area (Å²) in [5.74, 6) is -0.387. The van der Waals surface area contributed by atoms with Crippen molar-refractivity contribution in [1.29, 1.82) is 0 Å². The van der Waals surface area contributed by atoms with E-state index in [1.54, 1.807) is 18.3 Å². The summed E-state index contributed by atoms with van der Waals surface area (Å²) in [7, 11) is -1.72. The number of sulfone groups is 1. The minimum atomic E-state index is -4.67. The topological polar surface area (TPSA) is 111 Å². The number of benzene rings is 1. The van der Waals surface area contributed by atoms with Crippen molar-refractivity contribution in [2.24, 2.45) is 0 Å². The van der Waals surface area contributed by atoms with Crippen LogP contribution in [0.5, 0.6) is 5.75 Å². The number of ether oxygens (including phenoxy) is 1. The molecule has 2 aliphatic rings. The number of Topliss-reactive ketones (excluding diaryl/α,β-unsaturated/α-hetero) is 1. The molecule has 36 heavy (non-hydrogen) atoms. The first-order valence-electron chi connectivity index (χ1n) is 11.0. The van der Waals surface area contributed by atoms with Crippen LogP contribution >= 0.6 is 0 Å². The Bertz CT molecular complexity index is 1490. The molecule has 2 saturated heterocycles. The van der Waals surface area contributed by atoms with Gasteiger partial charge in [-0.25, -0.2) is 13.4 Å². The third kappa shape index (κ3) is 4.10. The van der Waals surface area contributed by atoms with Crippen molar-refractivity contribution in [3.63, 3.8) is 0 Å². The van der Waals surface area contributed by atoms with Crippen LogP contribution in [-0.2, 0) is 33.8 Å². The predicted molar refractivity (Wildman–Crippen MR) is 121 cm³/mol. The second-order valence-corrected chi connectivity index (χ2v) is 11.6. The largest absolute Gasteiger partial charge is 0.496 e. The van der Waals surface area contributed by atoms with Crippen LogP contribution in [0.4, 0.5) is 13.2 Å². The number of hydrogen-bond donors (Lipinski definition) is 0. The summed E-state index contributed by atoms with van der Waals surface area (Å²) in [6.45, 7) is 0.298. The van der Waals surface area contributed by atoms with Gasteiger partial charge in [-0.15, -0.1) is 0 Å². The first-order valence-corrected chi connectivity index (χ1v) is 12.7. The monoisotopic (exact) mass is 522 g/mol. The lowest BCUT2D eigenvalue weighted by atomic mass is 9.94. The molecule has 0 aliphatic carbocycles. The van der Waals surface area contributed by atoms with Crippen LogP contribution in [0, 0.1) is 0 Å². The molecule has 1 aromatic carbocycles. The molecule has 0 atom stereocenters. The molecule has 3 aromatic rings. The van der Waals surface area contributed by atoms with Crippen molar-refractivity contribution in [1.82, 2.24) is 19.7 Å². The van der Waals surface area contributed by atoms with E-state index in [1.165, 1.54) is 22.8 Å². The van der Waals surface area contributed by atoms with Crippen molar-refractivity contribution in [3.8, 4) is 5.75 Å². The van der Waals surface area contributed by atoms with E-state index in [0.717, 1.165) is 12.1 Å². The SMILES string of the molecule is COc1cc2nn(CC(=O)N3CC4(CCS4(=O)=O)C3)cc2cc1CC(=O)c1cccc(C(F)(F)F)n1. The Balaban J connectivity index is 1.32. The van der Waals surface area contributed by atoms with Gasteiger partial charge in [0, 0.05) is 42.7 Å². The van der Waals surface area contributed by atoms with Crippen LogP contribution in [0.15, 0.2) is 36.5 Å². The van der Waals surface area contributed by atoms with Gasteiger partial charge in [-0.1, -0.05) is 6.07 Å². The van der Waals surface area contributed by atoms with Gasteiger partial charge in [0.1, 0.15) is 28.4 Å². The predicted octanol–water partition coefficient (Wildman–Crippen LogP) is 2.28. The molecule has 0 N–H and O–H groups in total. The minimum Gasteiger partial charge on any atom is -0.496 e. The third-order valence-corrected chi connectivity index (χ3v) is 9.25. The lowest BCUT2D eigenvalue weighted by Crippen LogP contribution is -2.72. The molecule has 1 spiro atoms. The maximum Gasteiger partial charge on any atom is 0.433 e. The highest BCUT2D eigenvalue weighted by Crippen LogP contribution is 2.42. The van der Waals surface area contributed by atoms with E-state index in [-0.39, 0.29) is 43.4 Å². The van der Waals surface area contributed by atoms with Gasteiger partial charge in [-0.05, 0) is 24.6 Å². The normalized spacial score (nSPS) is 18.1. The summed E-state index contributed by atoms with van der Waals surface area (Å²) in [5, 5.41) is 4.97. The van der Waals surface area contributed by atoms with Gasteiger partial charge in [0.25, 0.3) is 0 Å². The Hall–Kier alpha value is -3.48. The minimum absolute atomic E-state index is 0.0878. The van der Waals surface area contributed by atoms with Crippen LogP contribution in [0.1, 0.15) is 28.2 Å². The molecule has 2 aromatic heterocycles. The molecule has 0 saturated carbocycles. The molecule has 4 heterocycles. The molecule has 2 aliphatic heterocycles. The van der Waals surface area contributed by atoms with Crippen molar-refractivity contribution < 1.29 is 35.9 Å². The average molecular weight is 523 g/mol. The Morgan fingerprint density at radius 3 is 2.56 bits per heavy atom. The van der Waals surface area contributed by atoms with E-state index in [1.807, 2.05) is 0 Å². The van der Waals surface area contributed by atoms with E-state index < -0.39 is 32.2 Å². The summed E-state index contributed by atoms with van der Waals surface area (Å²) in [4.78, 5) is 30.2. The Labute approximate surface area is 203 Å². The first kappa shape index (κ1) is 24.2. The number of halogens is 3. The molecule has 2 fully saturated rings. The fourth-order valence-corrected chi connectivity index (χ4v) is 6.37. The van der Waals surface area contributed by atoms with E-state index in [2.05, 4.69) is 10.1 Å². The standard InChI is InChI=1S/C23H21F3N4O5S/c1-35-19-9-17-15(7-14(19)8-18(31)16-3-2-4-20(27-16)23(24,25)26)10-30(28-17)11-21(32)29-12-22(13-29)5-6-36(22,33)34/h2-4,7,9-10H,5-6,8,11-13H2,1H3. The Morgan fingerprint density at radius 2 is 1.94 bits per heavy atom. The van der Waals surface area contributed by atoms with Gasteiger partial charge in [0.2, 0.25) is 5.91 Å². The molecule has 13 heteroatoms. The number of hydrogen-bond acceptors (Lipinski definition) is 7. The number of aromatic nitrogens is 3. The lowest BCUT2D eigenvalue weighted by molar-refractivity contribution is -0.141. The Kier molecular flexibility index (Phi) is 5.58. The fourth-order valence-electron chi connectivity index (χ4n) is 4.55. The van der Waals surface area contributed by atoms with Crippen molar-refractivity contribution >= 4 is 32.4 Å². The number of ketones is 1. The van der Waals surface area contributed by atoms with Crippen LogP contribution in [0.25, 0.3) is 10.9 Å². The van der Waals surface area contributed by atoms with E-state index in [9.17, 15) is 31.2 Å². The third-order valence-electron chi connectivity index (χ3n) is 6.72. The number of rotatable bonds is 6. The number of alkyl halides is 3. The van der Waals surface area contributed by atoms with Crippen LogP contribution in [-0.4, -0.2) is 70.5 Å². The highest BCUT2D eigenvalue weighted by Gasteiger charge is 2.60. The number of pyridine rings is 1. The van der Waals surface area contributed by atoms with Gasteiger partial charge in [0.05, 0.1) is 18.4 Å². The zero-order valence-electron chi connectivity index (χ0n) is 19.1. The highest BCUT2D eigenvalue weighted by atomic mass is 32.2. The number of likely N-dealkylation sites (tertiary alicyclic amines) is 1. The molecule has 1 amide bonds. The maximum absolute atomic E-state index is 13.0. The van der Waals surface area contributed by atoms with Crippen LogP contribution < -0.4 is 4.74 Å². The average Bonchev–Trinajstić information content (AvgIpc) is 3.17. The van der Waals surface area contributed by atoms with E-state index in [4.69, 9.17) is 4.74 Å². The number of fused-ring (bicyclic) bond motifs is 1. The molecular formula is C23H21F3N4O5S. The molecular weight excluding hydrogens is 501 g/mol. The highest BCUT2D eigenvalue weighted by molar-refractivity contribution is 7.94. The molecule has 190 valence electrons. The van der Waals surface area contributed by atoms with Crippen molar-refractivity contribution in [2.75, 3.05) is 26.0 Å². The first-order chi connectivity index (χ1) is 16.9. The molecule has 0 bridgehead atoms. The number of carbonyl (C=O) groups excluding carboxylic acids is 2.